The monoisotopic (exact) mass is 688 g/mol. The van der Waals surface area contributed by atoms with Crippen LogP contribution in [0.1, 0.15) is 106 Å². The van der Waals surface area contributed by atoms with Crippen molar-refractivity contribution in [1.29, 1.82) is 0 Å². The van der Waals surface area contributed by atoms with Crippen LogP contribution in [0.15, 0.2) is 12.7 Å². The average Bonchev–Trinajstić information content (AvgIpc) is 3.22. The number of alkyl halides is 6. The SMILES string of the molecule is C=CC.CC1(C)C(O)CCI2C3CCC4[C@H]5CCCC5(CO)CC[C@@]4(C)I3CCC21.CCC. The summed E-state index contributed by atoms with van der Waals surface area (Å²) < 4.78 is 5.91. The van der Waals surface area contributed by atoms with Gasteiger partial charge in [0.1, 0.15) is 0 Å². The van der Waals surface area contributed by atoms with Gasteiger partial charge in [0.25, 0.3) is 0 Å². The van der Waals surface area contributed by atoms with E-state index in [1.165, 1.54) is 57.7 Å². The van der Waals surface area contributed by atoms with Crippen LogP contribution in [0.2, 0.25) is 0 Å². The fraction of sp³-hybridized carbons (Fsp3) is 0.931. The third kappa shape index (κ3) is 5.12. The summed E-state index contributed by atoms with van der Waals surface area (Å²) in [5.41, 5.74) is 0.522. The zero-order chi connectivity index (χ0) is 24.4. The molecular formula is C29H54I2O2. The van der Waals surface area contributed by atoms with E-state index in [4.69, 9.17) is 0 Å². The predicted octanol–water partition coefficient (Wildman–Crippen LogP) is 8.24. The first kappa shape index (κ1) is 28.7. The van der Waals surface area contributed by atoms with E-state index in [0.717, 1.165) is 22.2 Å². The molecule has 5 fully saturated rings. The smallest absolute Gasteiger partial charge is 0.0590 e. The van der Waals surface area contributed by atoms with Crippen molar-refractivity contribution in [1.82, 2.24) is 0 Å². The second-order valence-corrected chi connectivity index (χ2v) is 28.3. The van der Waals surface area contributed by atoms with E-state index in [0.29, 0.717) is 15.4 Å². The Morgan fingerprint density at radius 3 is 2.24 bits per heavy atom. The van der Waals surface area contributed by atoms with Gasteiger partial charge in [0.05, 0.1) is 0 Å². The van der Waals surface area contributed by atoms with Crippen molar-refractivity contribution in [3.63, 3.8) is 0 Å². The van der Waals surface area contributed by atoms with Gasteiger partial charge >= 0.3 is 182 Å². The molecule has 196 valence electrons. The van der Waals surface area contributed by atoms with Crippen LogP contribution in [0.5, 0.6) is 0 Å². The molecule has 5 aliphatic rings. The van der Waals surface area contributed by atoms with E-state index in [2.05, 4.69) is 41.2 Å². The number of aliphatic hydroxyl groups excluding tert-OH is 2. The van der Waals surface area contributed by atoms with Crippen LogP contribution in [0, 0.1) is 22.7 Å². The molecular weight excluding hydrogens is 634 g/mol. The van der Waals surface area contributed by atoms with Crippen molar-refractivity contribution in [3.05, 3.63) is 12.7 Å². The van der Waals surface area contributed by atoms with Crippen molar-refractivity contribution < 1.29 is 10.2 Å². The van der Waals surface area contributed by atoms with E-state index in [1.54, 1.807) is 16.9 Å². The van der Waals surface area contributed by atoms with Gasteiger partial charge in [-0.3, -0.25) is 0 Å². The Balaban J connectivity index is 0.000000464. The summed E-state index contributed by atoms with van der Waals surface area (Å²) in [6.45, 7) is 17.5. The molecule has 2 nitrogen and oxygen atoms in total. The van der Waals surface area contributed by atoms with E-state index in [-0.39, 0.29) is 11.5 Å². The number of halogens is 2. The Bertz CT molecular complexity index is 652. The molecule has 0 aromatic heterocycles. The number of fused-ring (bicyclic) bond motifs is 7. The zero-order valence-corrected chi connectivity index (χ0v) is 26.8. The van der Waals surface area contributed by atoms with E-state index in [1.807, 2.05) is 6.92 Å². The molecule has 0 spiro atoms. The number of rotatable bonds is 1. The maximum absolute atomic E-state index is 10.7. The first-order valence-corrected chi connectivity index (χ1v) is 21.7. The van der Waals surface area contributed by atoms with Crippen LogP contribution in [-0.2, 0) is 0 Å². The summed E-state index contributed by atoms with van der Waals surface area (Å²) in [6.07, 6.45) is 15.5. The molecule has 33 heavy (non-hydrogen) atoms. The molecule has 4 heteroatoms. The largest absolute Gasteiger partial charge is 0.0656 e. The van der Waals surface area contributed by atoms with Gasteiger partial charge in [0.15, 0.2) is 0 Å². The maximum Gasteiger partial charge on any atom is -0.0590 e. The first-order chi connectivity index (χ1) is 15.7. The second-order valence-electron chi connectivity index (χ2n) is 12.1. The van der Waals surface area contributed by atoms with Crippen LogP contribution in [0.4, 0.5) is 0 Å². The Labute approximate surface area is 220 Å². The Kier molecular flexibility index (Phi) is 10.1. The summed E-state index contributed by atoms with van der Waals surface area (Å²) in [5, 5.41) is 21.0. The molecule has 2 N–H and O–H groups in total. The minimum atomic E-state index is -0.967. The number of allylic oxidation sites excluding steroid dienone is 1. The molecule has 2 saturated carbocycles. The summed E-state index contributed by atoms with van der Waals surface area (Å²) >= 11 is -1.92. The van der Waals surface area contributed by atoms with Crippen LogP contribution in [-0.4, -0.2) is 41.1 Å². The van der Waals surface area contributed by atoms with Gasteiger partial charge in [-0.1, -0.05) is 26.3 Å². The van der Waals surface area contributed by atoms with E-state index >= 15 is 0 Å². The third-order valence-electron chi connectivity index (χ3n) is 9.67. The molecule has 0 aromatic rings. The molecule has 5 unspecified atom stereocenters. The Hall–Kier alpha value is 1.12. The predicted molar refractivity (Wildman–Crippen MR) is 163 cm³/mol. The molecule has 3 heterocycles. The fourth-order valence-corrected chi connectivity index (χ4v) is 40.7. The molecule has 0 bridgehead atoms. The van der Waals surface area contributed by atoms with Crippen molar-refractivity contribution >= 4 is 39.6 Å². The number of hydrogen-bond donors (Lipinski definition) is 2. The van der Waals surface area contributed by atoms with E-state index < -0.39 is 39.6 Å². The molecule has 7 atom stereocenters. The molecule has 3 saturated heterocycles. The summed E-state index contributed by atoms with van der Waals surface area (Å²) in [4.78, 5) is 0. The fourth-order valence-electron chi connectivity index (χ4n) is 7.90. The van der Waals surface area contributed by atoms with Gasteiger partial charge in [-0.05, 0) is 6.92 Å². The van der Waals surface area contributed by atoms with Gasteiger partial charge in [0, 0.05) is 0 Å². The van der Waals surface area contributed by atoms with Crippen molar-refractivity contribution in [3.8, 4) is 0 Å². The zero-order valence-electron chi connectivity index (χ0n) is 22.5. The van der Waals surface area contributed by atoms with Gasteiger partial charge in [0.2, 0.25) is 0 Å². The molecule has 0 radical (unpaired) electrons. The summed E-state index contributed by atoms with van der Waals surface area (Å²) in [5.74, 6) is 1.81. The molecule has 3 aliphatic heterocycles. The van der Waals surface area contributed by atoms with Gasteiger partial charge in [-0.25, -0.2) is 0 Å². The standard InChI is InChI=1S/C23H40I2O2.C3H8.C3H6/c1-21(2)18-8-14-25-20(24(18)13-9-19(21)27)7-6-16-17-5-4-10-23(17,15-26)12-11-22(16,25)3;2*1-3-2/h16-20,26-27H,4-15H2,1-3H3;3H2,1-2H3;3H,1H2,2H3/t16?,17-,18?,19?,20?,22-,23?;;/m1../s1. The number of hydrogen-bond acceptors (Lipinski definition) is 2. The maximum atomic E-state index is 10.7. The molecule has 0 amide bonds. The minimum absolute atomic E-state index is 0.0401. The topological polar surface area (TPSA) is 40.5 Å². The molecule has 5 rings (SSSR count). The van der Waals surface area contributed by atoms with Gasteiger partial charge in [-0.2, -0.15) is 0 Å². The Morgan fingerprint density at radius 1 is 0.939 bits per heavy atom. The van der Waals surface area contributed by atoms with Crippen LogP contribution in [0.3, 0.4) is 0 Å². The molecule has 0 aromatic carbocycles. The van der Waals surface area contributed by atoms with Crippen LogP contribution >= 0.6 is 39.6 Å². The van der Waals surface area contributed by atoms with Crippen molar-refractivity contribution in [2.75, 3.05) is 15.5 Å². The first-order valence-electron chi connectivity index (χ1n) is 13.8. The minimum Gasteiger partial charge on any atom is -0.0656 e. The summed E-state index contributed by atoms with van der Waals surface area (Å²) in [7, 11) is 0. The van der Waals surface area contributed by atoms with E-state index in [9.17, 15) is 10.2 Å². The quantitative estimate of drug-likeness (QED) is 0.166. The average molecular weight is 689 g/mol. The third-order valence-corrected chi connectivity index (χ3v) is 34.5. The van der Waals surface area contributed by atoms with Crippen LogP contribution in [0.25, 0.3) is 0 Å². The normalized spacial score (nSPS) is 45.0. The van der Waals surface area contributed by atoms with Crippen molar-refractivity contribution in [2.24, 2.45) is 22.7 Å². The number of aliphatic hydroxyl groups is 2. The van der Waals surface area contributed by atoms with Crippen molar-refractivity contribution in [2.45, 2.75) is 121 Å². The summed E-state index contributed by atoms with van der Waals surface area (Å²) in [6, 6.07) is 0. The van der Waals surface area contributed by atoms with Gasteiger partial charge < -0.3 is 0 Å². The Morgan fingerprint density at radius 2 is 1.61 bits per heavy atom. The molecule has 2 aliphatic carbocycles. The van der Waals surface area contributed by atoms with Crippen LogP contribution < -0.4 is 0 Å². The van der Waals surface area contributed by atoms with Gasteiger partial charge in [-0.15, -0.1) is 6.58 Å². The second kappa shape index (κ2) is 11.7.